The van der Waals surface area contributed by atoms with Crippen molar-refractivity contribution in [3.05, 3.63) is 23.4 Å². The van der Waals surface area contributed by atoms with Crippen molar-refractivity contribution in [2.75, 3.05) is 17.3 Å². The molecule has 0 spiro atoms. The summed E-state index contributed by atoms with van der Waals surface area (Å²) < 4.78 is 5.49. The van der Waals surface area contributed by atoms with E-state index in [0.717, 1.165) is 16.5 Å². The number of hydrogen-bond acceptors (Lipinski definition) is 3. The molecule has 5 nitrogen and oxygen atoms in total. The second-order valence-corrected chi connectivity index (χ2v) is 7.30. The molecule has 2 N–H and O–H groups in total. The van der Waals surface area contributed by atoms with Crippen molar-refractivity contribution in [3.8, 4) is 5.75 Å². The third-order valence-electron chi connectivity index (χ3n) is 4.05. The minimum Gasteiger partial charge on any atom is -0.506 e. The fourth-order valence-corrected chi connectivity index (χ4v) is 3.39. The Labute approximate surface area is 140 Å². The highest BCUT2D eigenvalue weighted by atomic mass is 35.5. The lowest BCUT2D eigenvalue weighted by molar-refractivity contribution is 0.0582. The highest BCUT2D eigenvalue weighted by molar-refractivity contribution is 6.19. The highest BCUT2D eigenvalue weighted by Crippen LogP contribution is 2.46. The summed E-state index contributed by atoms with van der Waals surface area (Å²) in [6.07, 6.45) is 1.44. The molecular formula is C17H21ClN2O3. The second kappa shape index (κ2) is 5.34. The second-order valence-electron chi connectivity index (χ2n) is 6.99. The molecule has 1 aliphatic heterocycles. The number of fused-ring (bicyclic) bond motifs is 3. The average molecular weight is 337 g/mol. The summed E-state index contributed by atoms with van der Waals surface area (Å²) in [4.78, 5) is 17.2. The SMILES string of the molecule is Cc1c[nH]c2c(O)cc3c(c12)C(CCl)CN3C(=O)OC(C)(C)C. The summed E-state index contributed by atoms with van der Waals surface area (Å²) in [5, 5.41) is 11.2. The van der Waals surface area contributed by atoms with Crippen LogP contribution in [-0.2, 0) is 4.74 Å². The first-order valence-corrected chi connectivity index (χ1v) is 8.16. The molecule has 2 aromatic rings. The van der Waals surface area contributed by atoms with Crippen LogP contribution < -0.4 is 4.90 Å². The first-order valence-electron chi connectivity index (χ1n) is 7.63. The minimum absolute atomic E-state index is 0.0109. The van der Waals surface area contributed by atoms with E-state index in [1.54, 1.807) is 11.0 Å². The number of halogens is 1. The van der Waals surface area contributed by atoms with E-state index >= 15 is 0 Å². The molecule has 6 heteroatoms. The molecule has 1 amide bonds. The number of H-pyrrole nitrogens is 1. The van der Waals surface area contributed by atoms with Gasteiger partial charge in [0.1, 0.15) is 11.4 Å². The van der Waals surface area contributed by atoms with E-state index in [4.69, 9.17) is 16.3 Å². The van der Waals surface area contributed by atoms with Crippen LogP contribution in [0.4, 0.5) is 10.5 Å². The molecule has 1 aliphatic rings. The number of rotatable bonds is 1. The van der Waals surface area contributed by atoms with E-state index < -0.39 is 11.7 Å². The van der Waals surface area contributed by atoms with Crippen LogP contribution in [0.25, 0.3) is 10.9 Å². The molecule has 0 saturated heterocycles. The highest BCUT2D eigenvalue weighted by Gasteiger charge is 2.37. The number of amides is 1. The lowest BCUT2D eigenvalue weighted by Gasteiger charge is -2.25. The number of aryl methyl sites for hydroxylation is 1. The van der Waals surface area contributed by atoms with Crippen LogP contribution in [0.2, 0.25) is 0 Å². The van der Waals surface area contributed by atoms with Crippen molar-refractivity contribution in [1.82, 2.24) is 4.98 Å². The molecule has 1 aromatic carbocycles. The van der Waals surface area contributed by atoms with Crippen LogP contribution in [0.15, 0.2) is 12.3 Å². The quantitative estimate of drug-likeness (QED) is 0.765. The van der Waals surface area contributed by atoms with E-state index in [1.807, 2.05) is 33.9 Å². The number of carbonyl (C=O) groups is 1. The number of aromatic nitrogens is 1. The van der Waals surface area contributed by atoms with Gasteiger partial charge in [0.05, 0.1) is 11.2 Å². The van der Waals surface area contributed by atoms with Gasteiger partial charge in [-0.25, -0.2) is 4.79 Å². The molecule has 0 radical (unpaired) electrons. The molecule has 23 heavy (non-hydrogen) atoms. The Morgan fingerprint density at radius 1 is 1.52 bits per heavy atom. The molecule has 124 valence electrons. The van der Waals surface area contributed by atoms with Crippen LogP contribution in [0.5, 0.6) is 5.75 Å². The van der Waals surface area contributed by atoms with Crippen molar-refractivity contribution in [1.29, 1.82) is 0 Å². The molecule has 1 unspecified atom stereocenters. The van der Waals surface area contributed by atoms with Gasteiger partial charge >= 0.3 is 6.09 Å². The van der Waals surface area contributed by atoms with Crippen LogP contribution >= 0.6 is 11.6 Å². The van der Waals surface area contributed by atoms with Gasteiger partial charge < -0.3 is 14.8 Å². The third-order valence-corrected chi connectivity index (χ3v) is 4.43. The van der Waals surface area contributed by atoms with Crippen LogP contribution in [-0.4, -0.2) is 34.2 Å². The first kappa shape index (κ1) is 16.0. The van der Waals surface area contributed by atoms with Crippen molar-refractivity contribution in [2.24, 2.45) is 0 Å². The predicted octanol–water partition coefficient (Wildman–Crippen LogP) is 4.26. The monoisotopic (exact) mass is 336 g/mol. The van der Waals surface area contributed by atoms with Gasteiger partial charge in [0.25, 0.3) is 0 Å². The van der Waals surface area contributed by atoms with Crippen LogP contribution in [0.1, 0.15) is 37.8 Å². The van der Waals surface area contributed by atoms with Crippen LogP contribution in [0.3, 0.4) is 0 Å². The fourth-order valence-electron chi connectivity index (χ4n) is 3.14. The molecule has 3 rings (SSSR count). The molecule has 1 aromatic heterocycles. The summed E-state index contributed by atoms with van der Waals surface area (Å²) in [5.41, 5.74) is 2.80. The number of phenolic OH excluding ortho intramolecular Hbond substituents is 1. The van der Waals surface area contributed by atoms with E-state index in [-0.39, 0.29) is 11.7 Å². The lowest BCUT2D eigenvalue weighted by atomic mass is 9.97. The number of nitrogens with one attached hydrogen (secondary N) is 1. The molecule has 1 atom stereocenters. The van der Waals surface area contributed by atoms with Gasteiger partial charge in [-0.15, -0.1) is 11.6 Å². The van der Waals surface area contributed by atoms with Gasteiger partial charge in [0, 0.05) is 36.0 Å². The van der Waals surface area contributed by atoms with E-state index in [9.17, 15) is 9.90 Å². The summed E-state index contributed by atoms with van der Waals surface area (Å²) in [5.74, 6) is 0.531. The van der Waals surface area contributed by atoms with Crippen molar-refractivity contribution in [2.45, 2.75) is 39.2 Å². The maximum absolute atomic E-state index is 12.5. The normalized spacial score (nSPS) is 17.6. The maximum atomic E-state index is 12.5. The topological polar surface area (TPSA) is 65.6 Å². The number of aromatic amines is 1. The Morgan fingerprint density at radius 2 is 2.22 bits per heavy atom. The number of benzene rings is 1. The molecule has 0 aliphatic carbocycles. The average Bonchev–Trinajstić information content (AvgIpc) is 2.98. The number of alkyl halides is 1. The summed E-state index contributed by atoms with van der Waals surface area (Å²) in [6, 6.07) is 1.62. The zero-order valence-electron chi connectivity index (χ0n) is 13.7. The van der Waals surface area contributed by atoms with Gasteiger partial charge in [-0.3, -0.25) is 4.90 Å². The molecule has 0 saturated carbocycles. The Balaban J connectivity index is 2.14. The van der Waals surface area contributed by atoms with Crippen LogP contribution in [0, 0.1) is 6.92 Å². The Hall–Kier alpha value is -1.88. The Kier molecular flexibility index (Phi) is 3.71. The fraction of sp³-hybridized carbons (Fsp3) is 0.471. The summed E-state index contributed by atoms with van der Waals surface area (Å²) in [7, 11) is 0. The lowest BCUT2D eigenvalue weighted by Crippen LogP contribution is -2.36. The van der Waals surface area contributed by atoms with Crippen molar-refractivity contribution in [3.63, 3.8) is 0 Å². The van der Waals surface area contributed by atoms with E-state index in [0.29, 0.717) is 23.6 Å². The zero-order valence-corrected chi connectivity index (χ0v) is 14.5. The van der Waals surface area contributed by atoms with Crippen molar-refractivity contribution < 1.29 is 14.6 Å². The predicted molar refractivity (Wildman–Crippen MR) is 91.7 cm³/mol. The number of carbonyl (C=O) groups excluding carboxylic acids is 1. The Bertz CT molecular complexity index is 776. The van der Waals surface area contributed by atoms with Gasteiger partial charge in [0.2, 0.25) is 0 Å². The standard InChI is InChI=1S/C17H21ClN2O3/c1-9-7-19-15-12(21)5-11-14(13(9)15)10(6-18)8-20(11)16(22)23-17(2,3)4/h5,7,10,19,21H,6,8H2,1-4H3. The molecular weight excluding hydrogens is 316 g/mol. The number of ether oxygens (including phenoxy) is 1. The van der Waals surface area contributed by atoms with Gasteiger partial charge in [0.15, 0.2) is 0 Å². The van der Waals surface area contributed by atoms with Gasteiger partial charge in [-0.2, -0.15) is 0 Å². The number of aromatic hydroxyl groups is 1. The summed E-state index contributed by atoms with van der Waals surface area (Å²) in [6.45, 7) is 7.92. The molecule has 0 bridgehead atoms. The number of anilines is 1. The molecule has 2 heterocycles. The van der Waals surface area contributed by atoms with Crippen molar-refractivity contribution >= 4 is 34.3 Å². The number of phenols is 1. The smallest absolute Gasteiger partial charge is 0.414 e. The summed E-state index contributed by atoms with van der Waals surface area (Å²) >= 11 is 6.15. The van der Waals surface area contributed by atoms with E-state index in [2.05, 4.69) is 4.98 Å². The third kappa shape index (κ3) is 2.63. The minimum atomic E-state index is -0.577. The zero-order chi connectivity index (χ0) is 16.9. The number of hydrogen-bond donors (Lipinski definition) is 2. The molecule has 0 fully saturated rings. The maximum Gasteiger partial charge on any atom is 0.414 e. The van der Waals surface area contributed by atoms with Gasteiger partial charge in [-0.05, 0) is 38.8 Å². The van der Waals surface area contributed by atoms with E-state index in [1.165, 1.54) is 0 Å². The first-order chi connectivity index (χ1) is 10.7. The number of nitrogens with zero attached hydrogens (tertiary/aromatic N) is 1. The largest absolute Gasteiger partial charge is 0.506 e. The van der Waals surface area contributed by atoms with Gasteiger partial charge in [-0.1, -0.05) is 0 Å². The Morgan fingerprint density at radius 3 is 2.83 bits per heavy atom.